The topological polar surface area (TPSA) is 83.8 Å². The number of nitrogens with zero attached hydrogens (tertiary/aromatic N) is 2. The number of hydrogen-bond donors (Lipinski definition) is 2. The standard InChI is InChI=1S/C20H24N4O2/c25-18(22-16-5-3-1-2-4-6-16)9-10-19-23-20(24-26-19)15-8-7-14-11-12-21-17(14)13-15/h7-8,11-13,16,21H,1-6,9-10H2,(H,22,25). The van der Waals surface area contributed by atoms with Gasteiger partial charge in [0.2, 0.25) is 17.6 Å². The van der Waals surface area contributed by atoms with Crippen LogP contribution in [-0.2, 0) is 11.2 Å². The van der Waals surface area contributed by atoms with Crippen LogP contribution in [0.1, 0.15) is 50.8 Å². The Labute approximate surface area is 152 Å². The monoisotopic (exact) mass is 352 g/mol. The van der Waals surface area contributed by atoms with E-state index in [1.54, 1.807) is 0 Å². The Balaban J connectivity index is 1.33. The molecule has 1 aliphatic rings. The lowest BCUT2D eigenvalue weighted by Crippen LogP contribution is -2.34. The van der Waals surface area contributed by atoms with Crippen LogP contribution in [0.3, 0.4) is 0 Å². The van der Waals surface area contributed by atoms with Crippen molar-refractivity contribution in [2.75, 3.05) is 0 Å². The summed E-state index contributed by atoms with van der Waals surface area (Å²) in [5.41, 5.74) is 1.94. The van der Waals surface area contributed by atoms with Crippen LogP contribution in [0.15, 0.2) is 35.0 Å². The zero-order valence-corrected chi connectivity index (χ0v) is 14.8. The summed E-state index contributed by atoms with van der Waals surface area (Å²) in [7, 11) is 0. The van der Waals surface area contributed by atoms with Gasteiger partial charge in [0.05, 0.1) is 0 Å². The van der Waals surface area contributed by atoms with Crippen molar-refractivity contribution in [1.29, 1.82) is 0 Å². The van der Waals surface area contributed by atoms with E-state index in [1.165, 1.54) is 25.7 Å². The second-order valence-electron chi connectivity index (χ2n) is 7.05. The third-order valence-corrected chi connectivity index (χ3v) is 5.07. The zero-order valence-electron chi connectivity index (χ0n) is 14.8. The smallest absolute Gasteiger partial charge is 0.227 e. The average Bonchev–Trinajstić information content (AvgIpc) is 3.24. The van der Waals surface area contributed by atoms with Gasteiger partial charge in [-0.25, -0.2) is 0 Å². The number of aryl methyl sites for hydroxylation is 1. The average molecular weight is 352 g/mol. The Morgan fingerprint density at radius 1 is 1.19 bits per heavy atom. The molecular formula is C20H24N4O2. The largest absolute Gasteiger partial charge is 0.361 e. The van der Waals surface area contributed by atoms with Gasteiger partial charge in [-0.05, 0) is 30.4 Å². The second kappa shape index (κ2) is 7.72. The Hall–Kier alpha value is -2.63. The molecule has 1 fully saturated rings. The number of benzene rings is 1. The summed E-state index contributed by atoms with van der Waals surface area (Å²) in [4.78, 5) is 19.8. The van der Waals surface area contributed by atoms with Crippen molar-refractivity contribution in [2.45, 2.75) is 57.4 Å². The van der Waals surface area contributed by atoms with E-state index in [2.05, 4.69) is 20.4 Å². The van der Waals surface area contributed by atoms with Crippen LogP contribution in [0.25, 0.3) is 22.3 Å². The van der Waals surface area contributed by atoms with Crippen LogP contribution in [0.4, 0.5) is 0 Å². The number of H-pyrrole nitrogens is 1. The Morgan fingerprint density at radius 3 is 2.88 bits per heavy atom. The van der Waals surface area contributed by atoms with Crippen LogP contribution >= 0.6 is 0 Å². The molecule has 2 N–H and O–H groups in total. The van der Waals surface area contributed by atoms with Crippen molar-refractivity contribution in [1.82, 2.24) is 20.4 Å². The highest BCUT2D eigenvalue weighted by Crippen LogP contribution is 2.22. The molecule has 1 aliphatic carbocycles. The van der Waals surface area contributed by atoms with E-state index < -0.39 is 0 Å². The zero-order chi connectivity index (χ0) is 17.8. The van der Waals surface area contributed by atoms with E-state index >= 15 is 0 Å². The highest BCUT2D eigenvalue weighted by molar-refractivity contribution is 5.83. The molecule has 6 nitrogen and oxygen atoms in total. The lowest BCUT2D eigenvalue weighted by atomic mass is 10.1. The molecular weight excluding hydrogens is 328 g/mol. The SMILES string of the molecule is O=C(CCc1nc(-c2ccc3cc[nH]c3c2)no1)NC1CCCCCC1. The number of carbonyl (C=O) groups excluding carboxylic acids is 1. The summed E-state index contributed by atoms with van der Waals surface area (Å²) < 4.78 is 5.32. The molecule has 0 aliphatic heterocycles. The second-order valence-corrected chi connectivity index (χ2v) is 7.05. The number of fused-ring (bicyclic) bond motifs is 1. The summed E-state index contributed by atoms with van der Waals surface area (Å²) in [5, 5.41) is 8.35. The van der Waals surface area contributed by atoms with Gasteiger partial charge in [0, 0.05) is 36.2 Å². The van der Waals surface area contributed by atoms with Crippen LogP contribution in [0.2, 0.25) is 0 Å². The van der Waals surface area contributed by atoms with Crippen LogP contribution in [0.5, 0.6) is 0 Å². The number of aromatic amines is 1. The van der Waals surface area contributed by atoms with Crippen LogP contribution < -0.4 is 5.32 Å². The van der Waals surface area contributed by atoms with Gasteiger partial charge in [-0.2, -0.15) is 4.98 Å². The number of amides is 1. The van der Waals surface area contributed by atoms with Crippen molar-refractivity contribution in [3.05, 3.63) is 36.4 Å². The van der Waals surface area contributed by atoms with Gasteiger partial charge >= 0.3 is 0 Å². The van der Waals surface area contributed by atoms with Gasteiger partial charge in [-0.3, -0.25) is 4.79 Å². The first-order valence-electron chi connectivity index (χ1n) is 9.47. The Kier molecular flexibility index (Phi) is 5.00. The maximum Gasteiger partial charge on any atom is 0.227 e. The molecule has 1 saturated carbocycles. The van der Waals surface area contributed by atoms with Gasteiger partial charge in [0.1, 0.15) is 0 Å². The predicted octanol–water partition coefficient (Wildman–Crippen LogP) is 3.99. The van der Waals surface area contributed by atoms with Crippen molar-refractivity contribution >= 4 is 16.8 Å². The van der Waals surface area contributed by atoms with Gasteiger partial charge in [-0.1, -0.05) is 43.0 Å². The van der Waals surface area contributed by atoms with Crippen LogP contribution in [0, 0.1) is 0 Å². The third-order valence-electron chi connectivity index (χ3n) is 5.07. The third kappa shape index (κ3) is 3.95. The number of nitrogens with one attached hydrogen (secondary N) is 2. The summed E-state index contributed by atoms with van der Waals surface area (Å²) in [6, 6.07) is 8.35. The number of rotatable bonds is 5. The Bertz CT molecular complexity index is 875. The van der Waals surface area contributed by atoms with Gasteiger partial charge in [-0.15, -0.1) is 0 Å². The Morgan fingerprint density at radius 2 is 2.04 bits per heavy atom. The molecule has 1 aromatic carbocycles. The van der Waals surface area contributed by atoms with E-state index in [0.29, 0.717) is 30.6 Å². The summed E-state index contributed by atoms with van der Waals surface area (Å²) in [6.07, 6.45) is 9.94. The molecule has 0 saturated heterocycles. The van der Waals surface area contributed by atoms with E-state index in [0.717, 1.165) is 29.3 Å². The summed E-state index contributed by atoms with van der Waals surface area (Å²) in [5.74, 6) is 1.13. The molecule has 0 bridgehead atoms. The minimum Gasteiger partial charge on any atom is -0.361 e. The quantitative estimate of drug-likeness (QED) is 0.680. The van der Waals surface area contributed by atoms with Crippen LogP contribution in [-0.4, -0.2) is 27.1 Å². The number of carbonyl (C=O) groups is 1. The molecule has 3 aromatic rings. The van der Waals surface area contributed by atoms with E-state index in [4.69, 9.17) is 4.52 Å². The first kappa shape index (κ1) is 16.8. The van der Waals surface area contributed by atoms with Crippen molar-refractivity contribution in [3.8, 4) is 11.4 Å². The molecule has 0 unspecified atom stereocenters. The molecule has 0 atom stereocenters. The summed E-state index contributed by atoms with van der Waals surface area (Å²) in [6.45, 7) is 0. The fourth-order valence-corrected chi connectivity index (χ4v) is 3.60. The highest BCUT2D eigenvalue weighted by Gasteiger charge is 2.16. The predicted molar refractivity (Wildman–Crippen MR) is 99.5 cm³/mol. The van der Waals surface area contributed by atoms with Crippen molar-refractivity contribution < 1.29 is 9.32 Å². The summed E-state index contributed by atoms with van der Waals surface area (Å²) >= 11 is 0. The van der Waals surface area contributed by atoms with E-state index in [-0.39, 0.29) is 5.91 Å². The van der Waals surface area contributed by atoms with E-state index in [1.807, 2.05) is 30.5 Å². The minimum absolute atomic E-state index is 0.0736. The van der Waals surface area contributed by atoms with Gasteiger partial charge in [0.25, 0.3) is 0 Å². The fourth-order valence-electron chi connectivity index (χ4n) is 3.60. The molecule has 1 amide bonds. The lowest BCUT2D eigenvalue weighted by molar-refractivity contribution is -0.121. The molecule has 4 rings (SSSR count). The number of aromatic nitrogens is 3. The molecule has 2 aromatic heterocycles. The fraction of sp³-hybridized carbons (Fsp3) is 0.450. The molecule has 26 heavy (non-hydrogen) atoms. The van der Waals surface area contributed by atoms with Crippen molar-refractivity contribution in [3.63, 3.8) is 0 Å². The lowest BCUT2D eigenvalue weighted by Gasteiger charge is -2.15. The first-order chi connectivity index (χ1) is 12.8. The maximum atomic E-state index is 12.2. The van der Waals surface area contributed by atoms with Gasteiger partial charge < -0.3 is 14.8 Å². The first-order valence-corrected chi connectivity index (χ1v) is 9.47. The highest BCUT2D eigenvalue weighted by atomic mass is 16.5. The minimum atomic E-state index is 0.0736. The normalized spacial score (nSPS) is 15.8. The maximum absolute atomic E-state index is 12.2. The molecule has 136 valence electrons. The molecule has 2 heterocycles. The molecule has 6 heteroatoms. The van der Waals surface area contributed by atoms with E-state index in [9.17, 15) is 4.79 Å². The van der Waals surface area contributed by atoms with Crippen molar-refractivity contribution in [2.24, 2.45) is 0 Å². The molecule has 0 spiro atoms. The molecule has 0 radical (unpaired) electrons. The number of hydrogen-bond acceptors (Lipinski definition) is 4. The van der Waals surface area contributed by atoms with Gasteiger partial charge in [0.15, 0.2) is 0 Å².